The lowest BCUT2D eigenvalue weighted by molar-refractivity contribution is 0.574. The standard InChI is InChI=1S/C12H20IN3/c1-5-14-12-11(13)9(4)15-10(16-12)7-6-8(2)3/h8H,5-7H2,1-4H3,(H,14,15,16). The summed E-state index contributed by atoms with van der Waals surface area (Å²) in [7, 11) is 0. The Labute approximate surface area is 112 Å². The summed E-state index contributed by atoms with van der Waals surface area (Å²) in [4.78, 5) is 9.09. The summed E-state index contributed by atoms with van der Waals surface area (Å²) < 4.78 is 1.13. The predicted octanol–water partition coefficient (Wildman–Crippen LogP) is 3.41. The summed E-state index contributed by atoms with van der Waals surface area (Å²) >= 11 is 2.30. The first-order valence-corrected chi connectivity index (χ1v) is 6.89. The minimum atomic E-state index is 0.700. The molecule has 0 amide bonds. The molecule has 3 nitrogen and oxygen atoms in total. The number of anilines is 1. The molecule has 0 atom stereocenters. The monoisotopic (exact) mass is 333 g/mol. The molecule has 1 N–H and O–H groups in total. The van der Waals surface area contributed by atoms with Gasteiger partial charge in [-0.2, -0.15) is 0 Å². The second kappa shape index (κ2) is 6.37. The van der Waals surface area contributed by atoms with Gasteiger partial charge in [0.15, 0.2) is 0 Å². The summed E-state index contributed by atoms with van der Waals surface area (Å²) in [5.41, 5.74) is 1.07. The molecule has 16 heavy (non-hydrogen) atoms. The Morgan fingerprint density at radius 2 is 2.00 bits per heavy atom. The summed E-state index contributed by atoms with van der Waals surface area (Å²) in [6.07, 6.45) is 2.11. The fourth-order valence-corrected chi connectivity index (χ4v) is 1.86. The van der Waals surface area contributed by atoms with Crippen LogP contribution in [-0.4, -0.2) is 16.5 Å². The highest BCUT2D eigenvalue weighted by atomic mass is 127. The van der Waals surface area contributed by atoms with Crippen molar-refractivity contribution in [2.75, 3.05) is 11.9 Å². The lowest BCUT2D eigenvalue weighted by Gasteiger charge is -2.10. The lowest BCUT2D eigenvalue weighted by Crippen LogP contribution is -2.08. The highest BCUT2D eigenvalue weighted by Crippen LogP contribution is 2.19. The molecule has 0 unspecified atom stereocenters. The molecule has 0 aromatic carbocycles. The van der Waals surface area contributed by atoms with E-state index >= 15 is 0 Å². The Bertz CT molecular complexity index is 350. The van der Waals surface area contributed by atoms with Gasteiger partial charge in [0.2, 0.25) is 0 Å². The number of rotatable bonds is 5. The number of nitrogens with one attached hydrogen (secondary N) is 1. The zero-order chi connectivity index (χ0) is 12.1. The average molecular weight is 333 g/mol. The number of hydrogen-bond donors (Lipinski definition) is 1. The molecule has 0 aliphatic carbocycles. The van der Waals surface area contributed by atoms with Gasteiger partial charge in [-0.3, -0.25) is 0 Å². The van der Waals surface area contributed by atoms with E-state index in [-0.39, 0.29) is 0 Å². The van der Waals surface area contributed by atoms with Gasteiger partial charge in [0.05, 0.1) is 9.26 Å². The smallest absolute Gasteiger partial charge is 0.143 e. The Hall–Kier alpha value is -0.390. The van der Waals surface area contributed by atoms with E-state index in [0.29, 0.717) is 5.92 Å². The molecule has 0 saturated heterocycles. The molecule has 0 fully saturated rings. The van der Waals surface area contributed by atoms with Crippen LogP contribution in [0.25, 0.3) is 0 Å². The molecule has 0 radical (unpaired) electrons. The van der Waals surface area contributed by atoms with Crippen LogP contribution in [0.2, 0.25) is 0 Å². The maximum absolute atomic E-state index is 4.57. The van der Waals surface area contributed by atoms with E-state index < -0.39 is 0 Å². The first-order chi connectivity index (χ1) is 7.54. The van der Waals surface area contributed by atoms with Crippen molar-refractivity contribution in [3.05, 3.63) is 15.1 Å². The summed E-state index contributed by atoms with van der Waals surface area (Å²) in [6, 6.07) is 0. The number of aromatic nitrogens is 2. The minimum Gasteiger partial charge on any atom is -0.369 e. The molecular formula is C12H20IN3. The van der Waals surface area contributed by atoms with Gasteiger partial charge in [0.1, 0.15) is 11.6 Å². The molecule has 1 aromatic rings. The van der Waals surface area contributed by atoms with Gasteiger partial charge in [-0.15, -0.1) is 0 Å². The fourth-order valence-electron chi connectivity index (χ4n) is 1.43. The van der Waals surface area contributed by atoms with Gasteiger partial charge in [0, 0.05) is 13.0 Å². The Balaban J connectivity index is 2.86. The van der Waals surface area contributed by atoms with E-state index in [9.17, 15) is 0 Å². The van der Waals surface area contributed by atoms with Crippen molar-refractivity contribution >= 4 is 28.4 Å². The van der Waals surface area contributed by atoms with Crippen molar-refractivity contribution in [3.8, 4) is 0 Å². The maximum Gasteiger partial charge on any atom is 0.143 e. The third kappa shape index (κ3) is 3.88. The van der Waals surface area contributed by atoms with Crippen molar-refractivity contribution < 1.29 is 0 Å². The minimum absolute atomic E-state index is 0.700. The van der Waals surface area contributed by atoms with Crippen LogP contribution in [0, 0.1) is 16.4 Å². The van der Waals surface area contributed by atoms with Gasteiger partial charge >= 0.3 is 0 Å². The zero-order valence-electron chi connectivity index (χ0n) is 10.5. The van der Waals surface area contributed by atoms with Crippen LogP contribution < -0.4 is 5.32 Å². The predicted molar refractivity (Wildman–Crippen MR) is 76.8 cm³/mol. The summed E-state index contributed by atoms with van der Waals surface area (Å²) in [6.45, 7) is 9.48. The maximum atomic E-state index is 4.57. The van der Waals surface area contributed by atoms with E-state index in [1.807, 2.05) is 6.92 Å². The van der Waals surface area contributed by atoms with Crippen LogP contribution in [0.15, 0.2) is 0 Å². The second-order valence-electron chi connectivity index (χ2n) is 4.35. The van der Waals surface area contributed by atoms with Crippen LogP contribution in [-0.2, 0) is 6.42 Å². The number of hydrogen-bond acceptors (Lipinski definition) is 3. The van der Waals surface area contributed by atoms with E-state index in [4.69, 9.17) is 0 Å². The first kappa shape index (κ1) is 13.7. The molecule has 1 rings (SSSR count). The van der Waals surface area contributed by atoms with E-state index in [1.54, 1.807) is 0 Å². The van der Waals surface area contributed by atoms with E-state index in [1.165, 1.54) is 0 Å². The lowest BCUT2D eigenvalue weighted by atomic mass is 10.1. The van der Waals surface area contributed by atoms with Gasteiger partial charge in [-0.05, 0) is 48.8 Å². The molecule has 1 heterocycles. The van der Waals surface area contributed by atoms with Gasteiger partial charge in [-0.1, -0.05) is 13.8 Å². The van der Waals surface area contributed by atoms with Crippen LogP contribution in [0.3, 0.4) is 0 Å². The Morgan fingerprint density at radius 1 is 1.31 bits per heavy atom. The molecule has 0 bridgehead atoms. The molecule has 90 valence electrons. The van der Waals surface area contributed by atoms with Crippen molar-refractivity contribution in [1.29, 1.82) is 0 Å². The molecule has 4 heteroatoms. The first-order valence-electron chi connectivity index (χ1n) is 5.81. The Morgan fingerprint density at radius 3 is 2.56 bits per heavy atom. The van der Waals surface area contributed by atoms with Crippen LogP contribution in [0.1, 0.15) is 38.7 Å². The molecule has 1 aromatic heterocycles. The second-order valence-corrected chi connectivity index (χ2v) is 5.43. The third-order valence-corrected chi connectivity index (χ3v) is 3.64. The van der Waals surface area contributed by atoms with E-state index in [2.05, 4.69) is 58.6 Å². The zero-order valence-corrected chi connectivity index (χ0v) is 12.6. The quantitative estimate of drug-likeness (QED) is 0.839. The van der Waals surface area contributed by atoms with Crippen molar-refractivity contribution in [3.63, 3.8) is 0 Å². The van der Waals surface area contributed by atoms with Gasteiger partial charge in [-0.25, -0.2) is 9.97 Å². The normalized spacial score (nSPS) is 10.9. The summed E-state index contributed by atoms with van der Waals surface area (Å²) in [5, 5.41) is 3.29. The number of nitrogens with zero attached hydrogens (tertiary/aromatic N) is 2. The molecule has 0 aliphatic rings. The Kier molecular flexibility index (Phi) is 5.44. The average Bonchev–Trinajstić information content (AvgIpc) is 2.22. The molecule has 0 saturated carbocycles. The third-order valence-electron chi connectivity index (χ3n) is 2.35. The summed E-state index contributed by atoms with van der Waals surface area (Å²) in [5.74, 6) is 2.64. The van der Waals surface area contributed by atoms with Crippen molar-refractivity contribution in [1.82, 2.24) is 9.97 Å². The fraction of sp³-hybridized carbons (Fsp3) is 0.667. The van der Waals surface area contributed by atoms with E-state index in [0.717, 1.165) is 40.3 Å². The van der Waals surface area contributed by atoms with Crippen molar-refractivity contribution in [2.24, 2.45) is 5.92 Å². The largest absolute Gasteiger partial charge is 0.369 e. The molecular weight excluding hydrogens is 313 g/mol. The van der Waals surface area contributed by atoms with Crippen LogP contribution >= 0.6 is 22.6 Å². The topological polar surface area (TPSA) is 37.8 Å². The van der Waals surface area contributed by atoms with Gasteiger partial charge < -0.3 is 5.32 Å². The van der Waals surface area contributed by atoms with Crippen LogP contribution in [0.5, 0.6) is 0 Å². The molecule has 0 aliphatic heterocycles. The van der Waals surface area contributed by atoms with Gasteiger partial charge in [0.25, 0.3) is 0 Å². The van der Waals surface area contributed by atoms with Crippen molar-refractivity contribution in [2.45, 2.75) is 40.5 Å². The number of halogens is 1. The highest BCUT2D eigenvalue weighted by molar-refractivity contribution is 14.1. The van der Waals surface area contributed by atoms with Crippen LogP contribution in [0.4, 0.5) is 5.82 Å². The highest BCUT2D eigenvalue weighted by Gasteiger charge is 2.08. The molecule has 0 spiro atoms. The SMILES string of the molecule is CCNc1nc(CCC(C)C)nc(C)c1I. The number of aryl methyl sites for hydroxylation is 2.